The van der Waals surface area contributed by atoms with Gasteiger partial charge >= 0.3 is 11.9 Å². The Kier molecular flexibility index (Phi) is 26.2. The normalized spacial score (nSPS) is 15.2. The van der Waals surface area contributed by atoms with Gasteiger partial charge in [-0.25, -0.2) is 9.59 Å². The zero-order valence-electron chi connectivity index (χ0n) is 29.0. The van der Waals surface area contributed by atoms with Crippen molar-refractivity contribution in [1.29, 1.82) is 0 Å². The molecule has 0 aromatic rings. The van der Waals surface area contributed by atoms with E-state index in [0.717, 1.165) is 19.3 Å². The molecule has 0 aromatic carbocycles. The zero-order valence-corrected chi connectivity index (χ0v) is 29.0. The molecule has 7 nitrogen and oxygen atoms in total. The van der Waals surface area contributed by atoms with Gasteiger partial charge in [0.25, 0.3) is 0 Å². The highest BCUT2D eigenvalue weighted by Gasteiger charge is 2.54. The fraction of sp³-hybridized carbons (Fsp3) is 0.865. The Morgan fingerprint density at radius 1 is 0.523 bits per heavy atom. The van der Waals surface area contributed by atoms with E-state index in [1.165, 1.54) is 89.9 Å². The molecule has 3 atom stereocenters. The maximum absolute atomic E-state index is 12.6. The number of aliphatic carboxylic acids is 3. The lowest BCUT2D eigenvalue weighted by molar-refractivity contribution is -0.975. The van der Waals surface area contributed by atoms with Gasteiger partial charge in [-0.2, -0.15) is 0 Å². The molecule has 0 spiro atoms. The van der Waals surface area contributed by atoms with Crippen molar-refractivity contribution >= 4 is 17.9 Å². The summed E-state index contributed by atoms with van der Waals surface area (Å²) in [6.45, 7) is 8.06. The Morgan fingerprint density at radius 2 is 0.864 bits per heavy atom. The number of quaternary nitrogens is 1. The quantitative estimate of drug-likeness (QED) is 0.0439. The van der Waals surface area contributed by atoms with Gasteiger partial charge < -0.3 is 20.1 Å². The summed E-state index contributed by atoms with van der Waals surface area (Å²) < 4.78 is -0.432. The van der Waals surface area contributed by atoms with Crippen LogP contribution in [0.3, 0.4) is 0 Å². The fourth-order valence-electron chi connectivity index (χ4n) is 6.96. The molecule has 0 aromatic heterocycles. The van der Waals surface area contributed by atoms with Crippen LogP contribution in [-0.4, -0.2) is 57.3 Å². The summed E-state index contributed by atoms with van der Waals surface area (Å²) in [5, 5.41) is 33.1. The van der Waals surface area contributed by atoms with Gasteiger partial charge in [-0.3, -0.25) is 4.48 Å². The van der Waals surface area contributed by atoms with E-state index in [-0.39, 0.29) is 25.8 Å². The minimum Gasteiger partial charge on any atom is -0.544 e. The van der Waals surface area contributed by atoms with Gasteiger partial charge in [0.1, 0.15) is 6.04 Å². The number of hydrogen-bond acceptors (Lipinski definition) is 4. The highest BCUT2D eigenvalue weighted by molar-refractivity contribution is 5.77. The summed E-state index contributed by atoms with van der Waals surface area (Å²) in [7, 11) is 0. The second-order valence-corrected chi connectivity index (χ2v) is 13.0. The van der Waals surface area contributed by atoms with E-state index >= 15 is 0 Å². The predicted molar refractivity (Wildman–Crippen MR) is 179 cm³/mol. The minimum atomic E-state index is -1.33. The molecule has 0 aliphatic heterocycles. The van der Waals surface area contributed by atoms with Crippen LogP contribution in [0.5, 0.6) is 0 Å². The lowest BCUT2D eigenvalue weighted by Gasteiger charge is -2.52. The SMILES string of the molecule is CCCC/C=C/CCCCCCCCCCCCCCCC[N+](C(CCC)C(=O)[O-])(C(CCC)C(=O)O)C(CCC)C(=O)O. The Morgan fingerprint density at radius 3 is 1.20 bits per heavy atom. The van der Waals surface area contributed by atoms with Gasteiger partial charge in [0, 0.05) is 19.3 Å². The topological polar surface area (TPSA) is 115 Å². The Hall–Kier alpha value is -1.89. The first kappa shape index (κ1) is 42.1. The molecule has 0 saturated carbocycles. The molecule has 0 bridgehead atoms. The predicted octanol–water partition coefficient (Wildman–Crippen LogP) is 8.83. The average molecular weight is 624 g/mol. The standard InChI is InChI=1S/C37H69NO6/c1-5-9-10-11-12-13-14-15-16-17-18-19-20-21-22-23-24-25-26-27-31-38(32(28-6-2)35(39)40,33(29-7-3)36(41)42)34(30-8-4)37(43)44/h11-12,32-34H,5-10,13-31H2,1-4H3,(H2-,39,40,41,42,43,44)/b12-11+. The molecule has 0 radical (unpaired) electrons. The molecule has 258 valence electrons. The summed E-state index contributed by atoms with van der Waals surface area (Å²) in [5.74, 6) is -3.55. The van der Waals surface area contributed by atoms with Crippen LogP contribution in [0.15, 0.2) is 12.2 Å². The zero-order chi connectivity index (χ0) is 33.1. The largest absolute Gasteiger partial charge is 0.544 e. The third kappa shape index (κ3) is 17.0. The number of carboxylic acids is 3. The third-order valence-electron chi connectivity index (χ3n) is 9.33. The van der Waals surface area contributed by atoms with Crippen molar-refractivity contribution in [2.24, 2.45) is 0 Å². The first-order chi connectivity index (χ1) is 21.2. The summed E-state index contributed by atoms with van der Waals surface area (Å²) in [5.41, 5.74) is 0. The van der Waals surface area contributed by atoms with Crippen LogP contribution in [0.1, 0.15) is 182 Å². The van der Waals surface area contributed by atoms with Crippen LogP contribution in [0.4, 0.5) is 0 Å². The van der Waals surface area contributed by atoms with E-state index in [0.29, 0.717) is 25.7 Å². The summed E-state index contributed by atoms with van der Waals surface area (Å²) in [6.07, 6.45) is 28.5. The third-order valence-corrected chi connectivity index (χ3v) is 9.33. The number of allylic oxidation sites excluding steroid dienone is 2. The lowest BCUT2D eigenvalue weighted by atomic mass is 9.91. The van der Waals surface area contributed by atoms with E-state index in [1.807, 2.05) is 20.8 Å². The number of carbonyl (C=O) groups excluding carboxylic acids is 1. The maximum Gasteiger partial charge on any atom is 0.362 e. The van der Waals surface area contributed by atoms with E-state index in [9.17, 15) is 29.7 Å². The highest BCUT2D eigenvalue weighted by Crippen LogP contribution is 2.34. The average Bonchev–Trinajstić information content (AvgIpc) is 2.98. The monoisotopic (exact) mass is 624 g/mol. The van der Waals surface area contributed by atoms with Crippen molar-refractivity contribution in [2.45, 2.75) is 200 Å². The summed E-state index contributed by atoms with van der Waals surface area (Å²) in [4.78, 5) is 37.7. The van der Waals surface area contributed by atoms with E-state index in [2.05, 4.69) is 19.1 Å². The van der Waals surface area contributed by atoms with Crippen LogP contribution >= 0.6 is 0 Å². The Bertz CT molecular complexity index is 707. The molecule has 3 unspecified atom stereocenters. The number of carboxylic acid groups (broad SMARTS) is 3. The van der Waals surface area contributed by atoms with Crippen LogP contribution in [0.25, 0.3) is 0 Å². The molecule has 0 aliphatic rings. The van der Waals surface area contributed by atoms with Crippen molar-refractivity contribution in [3.05, 3.63) is 12.2 Å². The fourth-order valence-corrected chi connectivity index (χ4v) is 6.96. The van der Waals surface area contributed by atoms with Gasteiger partial charge in [-0.15, -0.1) is 0 Å². The molecule has 44 heavy (non-hydrogen) atoms. The molecular weight excluding hydrogens is 554 g/mol. The smallest absolute Gasteiger partial charge is 0.362 e. The first-order valence-corrected chi connectivity index (χ1v) is 18.4. The maximum atomic E-state index is 12.6. The Labute approximate surface area is 270 Å². The van der Waals surface area contributed by atoms with Crippen molar-refractivity contribution in [2.75, 3.05) is 6.54 Å². The lowest BCUT2D eigenvalue weighted by Crippen LogP contribution is -2.74. The number of nitrogens with zero attached hydrogens (tertiary/aromatic N) is 1. The molecule has 0 amide bonds. The highest BCUT2D eigenvalue weighted by atomic mass is 16.4. The molecule has 0 heterocycles. The van der Waals surface area contributed by atoms with E-state index in [4.69, 9.17) is 0 Å². The van der Waals surface area contributed by atoms with Crippen LogP contribution in [0.2, 0.25) is 0 Å². The van der Waals surface area contributed by atoms with Gasteiger partial charge in [0.05, 0.1) is 12.5 Å². The number of hydrogen-bond donors (Lipinski definition) is 2. The van der Waals surface area contributed by atoms with Gasteiger partial charge in [-0.05, 0) is 44.9 Å². The van der Waals surface area contributed by atoms with Crippen molar-refractivity contribution < 1.29 is 34.2 Å². The van der Waals surface area contributed by atoms with Gasteiger partial charge in [-0.1, -0.05) is 130 Å². The van der Waals surface area contributed by atoms with Crippen molar-refractivity contribution in [3.8, 4) is 0 Å². The molecule has 2 N–H and O–H groups in total. The van der Waals surface area contributed by atoms with Gasteiger partial charge in [0.15, 0.2) is 12.1 Å². The molecule has 0 saturated heterocycles. The molecule has 7 heteroatoms. The molecule has 0 fully saturated rings. The molecule has 0 aliphatic carbocycles. The van der Waals surface area contributed by atoms with Crippen LogP contribution in [-0.2, 0) is 14.4 Å². The van der Waals surface area contributed by atoms with E-state index < -0.39 is 40.5 Å². The summed E-state index contributed by atoms with van der Waals surface area (Å²) in [6, 6.07) is -3.32. The van der Waals surface area contributed by atoms with Crippen molar-refractivity contribution in [3.63, 3.8) is 0 Å². The number of carbonyl (C=O) groups is 3. The second kappa shape index (κ2) is 27.4. The van der Waals surface area contributed by atoms with Crippen LogP contribution in [0, 0.1) is 0 Å². The van der Waals surface area contributed by atoms with E-state index in [1.54, 1.807) is 0 Å². The number of unbranched alkanes of at least 4 members (excludes halogenated alkanes) is 16. The first-order valence-electron chi connectivity index (χ1n) is 18.4. The van der Waals surface area contributed by atoms with Crippen LogP contribution < -0.4 is 5.11 Å². The Balaban J connectivity index is 4.72. The second-order valence-electron chi connectivity index (χ2n) is 13.0. The minimum absolute atomic E-state index is 0.208. The molecular formula is C37H69NO6. The summed E-state index contributed by atoms with van der Waals surface area (Å²) >= 11 is 0. The number of rotatable bonds is 32. The molecule has 0 rings (SSSR count). The van der Waals surface area contributed by atoms with Gasteiger partial charge in [0.2, 0.25) is 0 Å². The van der Waals surface area contributed by atoms with Crippen molar-refractivity contribution in [1.82, 2.24) is 0 Å².